The Labute approximate surface area is 95.5 Å². The number of nitrogens with zero attached hydrogens (tertiary/aromatic N) is 1. The molecule has 4 nitrogen and oxygen atoms in total. The molecule has 1 aromatic heterocycles. The van der Waals surface area contributed by atoms with Gasteiger partial charge in [0, 0.05) is 25.0 Å². The van der Waals surface area contributed by atoms with Gasteiger partial charge < -0.3 is 10.6 Å². The zero-order valence-electron chi connectivity index (χ0n) is 9.71. The third-order valence-corrected chi connectivity index (χ3v) is 2.68. The van der Waals surface area contributed by atoms with Gasteiger partial charge in [0.15, 0.2) is 0 Å². The SMILES string of the molecule is CC(C)NC(=O)c1cncc2c1CCNC2. The summed E-state index contributed by atoms with van der Waals surface area (Å²) in [5.41, 5.74) is 3.02. The predicted octanol–water partition coefficient (Wildman–Crippen LogP) is 0.865. The lowest BCUT2D eigenvalue weighted by atomic mass is 9.98. The number of aromatic nitrogens is 1. The van der Waals surface area contributed by atoms with E-state index in [0.717, 1.165) is 36.2 Å². The molecule has 2 rings (SSSR count). The molecular formula is C12H17N3O. The van der Waals surface area contributed by atoms with Gasteiger partial charge in [-0.1, -0.05) is 0 Å². The Morgan fingerprint density at radius 3 is 3.06 bits per heavy atom. The van der Waals surface area contributed by atoms with E-state index in [0.29, 0.717) is 0 Å². The van der Waals surface area contributed by atoms with Crippen LogP contribution < -0.4 is 10.6 Å². The van der Waals surface area contributed by atoms with Crippen molar-refractivity contribution in [1.29, 1.82) is 0 Å². The third-order valence-electron chi connectivity index (χ3n) is 2.68. The Kier molecular flexibility index (Phi) is 3.19. The smallest absolute Gasteiger partial charge is 0.253 e. The van der Waals surface area contributed by atoms with E-state index in [1.807, 2.05) is 20.0 Å². The molecule has 0 radical (unpaired) electrons. The predicted molar refractivity (Wildman–Crippen MR) is 62.2 cm³/mol. The molecule has 0 aliphatic carbocycles. The molecular weight excluding hydrogens is 202 g/mol. The van der Waals surface area contributed by atoms with Gasteiger partial charge in [-0.2, -0.15) is 0 Å². The van der Waals surface area contributed by atoms with Crippen molar-refractivity contribution in [2.24, 2.45) is 0 Å². The number of hydrogen-bond acceptors (Lipinski definition) is 3. The topological polar surface area (TPSA) is 54.0 Å². The van der Waals surface area contributed by atoms with E-state index in [1.165, 1.54) is 0 Å². The van der Waals surface area contributed by atoms with Crippen LogP contribution in [0.3, 0.4) is 0 Å². The van der Waals surface area contributed by atoms with E-state index in [1.54, 1.807) is 6.20 Å². The van der Waals surface area contributed by atoms with Crippen LogP contribution in [0.1, 0.15) is 35.3 Å². The van der Waals surface area contributed by atoms with Crippen LogP contribution in [0.25, 0.3) is 0 Å². The van der Waals surface area contributed by atoms with Gasteiger partial charge in [-0.25, -0.2) is 0 Å². The Morgan fingerprint density at radius 1 is 1.50 bits per heavy atom. The summed E-state index contributed by atoms with van der Waals surface area (Å²) in [6.07, 6.45) is 4.41. The summed E-state index contributed by atoms with van der Waals surface area (Å²) >= 11 is 0. The minimum atomic E-state index is -0.0127. The van der Waals surface area contributed by atoms with Crippen LogP contribution in [0.4, 0.5) is 0 Å². The van der Waals surface area contributed by atoms with Crippen molar-refractivity contribution in [3.63, 3.8) is 0 Å². The van der Waals surface area contributed by atoms with E-state index in [4.69, 9.17) is 0 Å². The lowest BCUT2D eigenvalue weighted by molar-refractivity contribution is 0.0941. The zero-order chi connectivity index (χ0) is 11.5. The van der Waals surface area contributed by atoms with Crippen molar-refractivity contribution in [1.82, 2.24) is 15.6 Å². The molecule has 1 amide bonds. The Morgan fingerprint density at radius 2 is 2.31 bits per heavy atom. The largest absolute Gasteiger partial charge is 0.350 e. The Balaban J connectivity index is 2.30. The van der Waals surface area contributed by atoms with Crippen molar-refractivity contribution in [2.75, 3.05) is 6.54 Å². The maximum atomic E-state index is 12.0. The quantitative estimate of drug-likeness (QED) is 0.776. The molecule has 1 aliphatic rings. The second kappa shape index (κ2) is 4.61. The van der Waals surface area contributed by atoms with Crippen LogP contribution >= 0.6 is 0 Å². The highest BCUT2D eigenvalue weighted by atomic mass is 16.1. The first-order valence-corrected chi connectivity index (χ1v) is 5.66. The summed E-state index contributed by atoms with van der Waals surface area (Å²) in [5, 5.41) is 6.19. The fraction of sp³-hybridized carbons (Fsp3) is 0.500. The standard InChI is InChI=1S/C12H17N3O/c1-8(2)15-12(16)11-7-14-6-9-5-13-4-3-10(9)11/h6-8,13H,3-5H2,1-2H3,(H,15,16). The highest BCUT2D eigenvalue weighted by molar-refractivity contribution is 5.95. The number of amides is 1. The fourth-order valence-corrected chi connectivity index (χ4v) is 1.95. The summed E-state index contributed by atoms with van der Waals surface area (Å²) in [6.45, 7) is 5.66. The Hall–Kier alpha value is -1.42. The number of rotatable bonds is 2. The average Bonchev–Trinajstić information content (AvgIpc) is 2.27. The van der Waals surface area contributed by atoms with Crippen molar-refractivity contribution < 1.29 is 4.79 Å². The van der Waals surface area contributed by atoms with E-state index in [9.17, 15) is 4.79 Å². The van der Waals surface area contributed by atoms with Gasteiger partial charge in [-0.3, -0.25) is 9.78 Å². The van der Waals surface area contributed by atoms with E-state index >= 15 is 0 Å². The van der Waals surface area contributed by atoms with Gasteiger partial charge in [0.2, 0.25) is 0 Å². The van der Waals surface area contributed by atoms with Gasteiger partial charge in [0.25, 0.3) is 5.91 Å². The highest BCUT2D eigenvalue weighted by Gasteiger charge is 2.18. The summed E-state index contributed by atoms with van der Waals surface area (Å²) in [7, 11) is 0. The minimum absolute atomic E-state index is 0.0127. The van der Waals surface area contributed by atoms with Crippen molar-refractivity contribution >= 4 is 5.91 Å². The molecule has 1 aliphatic heterocycles. The van der Waals surface area contributed by atoms with Gasteiger partial charge >= 0.3 is 0 Å². The molecule has 86 valence electrons. The van der Waals surface area contributed by atoms with Crippen LogP contribution in [0.15, 0.2) is 12.4 Å². The molecule has 0 saturated carbocycles. The molecule has 2 N–H and O–H groups in total. The van der Waals surface area contributed by atoms with E-state index in [-0.39, 0.29) is 11.9 Å². The minimum Gasteiger partial charge on any atom is -0.350 e. The van der Waals surface area contributed by atoms with Gasteiger partial charge in [0.05, 0.1) is 5.56 Å². The molecule has 0 unspecified atom stereocenters. The number of fused-ring (bicyclic) bond motifs is 1. The molecule has 4 heteroatoms. The summed E-state index contributed by atoms with van der Waals surface area (Å²) in [6, 6.07) is 0.157. The number of carbonyl (C=O) groups is 1. The highest BCUT2D eigenvalue weighted by Crippen LogP contribution is 2.17. The second-order valence-corrected chi connectivity index (χ2v) is 4.38. The maximum absolute atomic E-state index is 12.0. The lowest BCUT2D eigenvalue weighted by Crippen LogP contribution is -2.33. The summed E-state index contributed by atoms with van der Waals surface area (Å²) in [5.74, 6) is -0.0127. The third kappa shape index (κ3) is 2.22. The van der Waals surface area contributed by atoms with Crippen molar-refractivity contribution in [3.8, 4) is 0 Å². The number of hydrogen-bond donors (Lipinski definition) is 2. The first-order valence-electron chi connectivity index (χ1n) is 5.66. The van der Waals surface area contributed by atoms with Crippen molar-refractivity contribution in [3.05, 3.63) is 29.1 Å². The maximum Gasteiger partial charge on any atom is 0.253 e. The van der Waals surface area contributed by atoms with Crippen molar-refractivity contribution in [2.45, 2.75) is 32.9 Å². The molecule has 0 atom stereocenters. The van der Waals surface area contributed by atoms with Crippen LogP contribution in [0.5, 0.6) is 0 Å². The molecule has 2 heterocycles. The second-order valence-electron chi connectivity index (χ2n) is 4.38. The normalized spacial score (nSPS) is 14.7. The number of carbonyl (C=O) groups excluding carboxylic acids is 1. The fourth-order valence-electron chi connectivity index (χ4n) is 1.95. The van der Waals surface area contributed by atoms with Gasteiger partial charge in [-0.05, 0) is 37.9 Å². The molecule has 0 aromatic carbocycles. The number of pyridine rings is 1. The molecule has 0 saturated heterocycles. The summed E-state index contributed by atoms with van der Waals surface area (Å²) in [4.78, 5) is 16.1. The Bertz CT molecular complexity index is 401. The number of nitrogens with one attached hydrogen (secondary N) is 2. The van der Waals surface area contributed by atoms with Crippen LogP contribution in [-0.4, -0.2) is 23.5 Å². The first kappa shape index (κ1) is 11.1. The van der Waals surface area contributed by atoms with E-state index in [2.05, 4.69) is 15.6 Å². The lowest BCUT2D eigenvalue weighted by Gasteiger charge is -2.19. The van der Waals surface area contributed by atoms with Crippen LogP contribution in [0, 0.1) is 0 Å². The molecule has 16 heavy (non-hydrogen) atoms. The van der Waals surface area contributed by atoms with Crippen LogP contribution in [0.2, 0.25) is 0 Å². The molecule has 0 fully saturated rings. The zero-order valence-corrected chi connectivity index (χ0v) is 9.71. The van der Waals surface area contributed by atoms with E-state index < -0.39 is 0 Å². The van der Waals surface area contributed by atoms with Gasteiger partial charge in [0.1, 0.15) is 0 Å². The van der Waals surface area contributed by atoms with Crippen LogP contribution in [-0.2, 0) is 13.0 Å². The average molecular weight is 219 g/mol. The van der Waals surface area contributed by atoms with Gasteiger partial charge in [-0.15, -0.1) is 0 Å². The first-order chi connectivity index (χ1) is 7.68. The monoisotopic (exact) mass is 219 g/mol. The summed E-state index contributed by atoms with van der Waals surface area (Å²) < 4.78 is 0. The molecule has 0 bridgehead atoms. The molecule has 1 aromatic rings. The molecule has 0 spiro atoms.